The highest BCUT2D eigenvalue weighted by Gasteiger charge is 2.27. The summed E-state index contributed by atoms with van der Waals surface area (Å²) in [5, 5.41) is 7.62. The van der Waals surface area contributed by atoms with Gasteiger partial charge in [-0.1, -0.05) is 88.7 Å². The van der Waals surface area contributed by atoms with Gasteiger partial charge in [0.25, 0.3) is 5.91 Å². The van der Waals surface area contributed by atoms with Crippen LogP contribution >= 0.6 is 0 Å². The van der Waals surface area contributed by atoms with Gasteiger partial charge in [-0.05, 0) is 53.6 Å². The number of nitrogens with zero attached hydrogens (tertiary/aromatic N) is 2. The fourth-order valence-electron chi connectivity index (χ4n) is 4.25. The van der Waals surface area contributed by atoms with E-state index in [1.807, 2.05) is 67.6 Å². The predicted octanol–water partition coefficient (Wildman–Crippen LogP) is 7.31. The van der Waals surface area contributed by atoms with E-state index in [4.69, 9.17) is 4.74 Å². The number of carbonyl (C=O) groups excluding carboxylic acids is 2. The lowest BCUT2D eigenvalue weighted by molar-refractivity contribution is 0.0594. The van der Waals surface area contributed by atoms with Gasteiger partial charge in [-0.2, -0.15) is 5.10 Å². The summed E-state index contributed by atoms with van der Waals surface area (Å²) in [6.07, 6.45) is 0. The Morgan fingerprint density at radius 3 is 2.03 bits per heavy atom. The highest BCUT2D eigenvalue weighted by atomic mass is 16.5. The molecular formula is C32H35N3O3. The Labute approximate surface area is 224 Å². The van der Waals surface area contributed by atoms with E-state index in [1.165, 1.54) is 12.7 Å². The Kier molecular flexibility index (Phi) is 7.53. The molecule has 0 fully saturated rings. The number of hydrogen-bond donors (Lipinski definition) is 1. The zero-order valence-corrected chi connectivity index (χ0v) is 23.1. The smallest absolute Gasteiger partial charge is 0.360 e. The summed E-state index contributed by atoms with van der Waals surface area (Å²) in [6, 6.07) is 23.4. The molecule has 1 aromatic heterocycles. The number of methoxy groups -OCH3 is 1. The summed E-state index contributed by atoms with van der Waals surface area (Å²) >= 11 is 0. The molecule has 1 N–H and O–H groups in total. The van der Waals surface area contributed by atoms with Crippen LogP contribution in [0, 0.1) is 6.92 Å². The first kappa shape index (κ1) is 26.9. The van der Waals surface area contributed by atoms with E-state index in [2.05, 4.69) is 45.0 Å². The van der Waals surface area contributed by atoms with Crippen molar-refractivity contribution in [3.8, 4) is 16.9 Å². The molecule has 6 nitrogen and oxygen atoms in total. The topological polar surface area (TPSA) is 73.2 Å². The van der Waals surface area contributed by atoms with Crippen LogP contribution in [-0.4, -0.2) is 28.8 Å². The normalized spacial score (nSPS) is 11.5. The lowest BCUT2D eigenvalue weighted by Crippen LogP contribution is -2.16. The highest BCUT2D eigenvalue weighted by Crippen LogP contribution is 2.35. The molecule has 38 heavy (non-hydrogen) atoms. The van der Waals surface area contributed by atoms with Gasteiger partial charge in [-0.25, -0.2) is 9.48 Å². The minimum absolute atomic E-state index is 0.0298. The highest BCUT2D eigenvalue weighted by molar-refractivity contribution is 6.10. The number of anilines is 1. The number of hydrogen-bond acceptors (Lipinski definition) is 4. The molecule has 3 aromatic carbocycles. The largest absolute Gasteiger partial charge is 0.464 e. The summed E-state index contributed by atoms with van der Waals surface area (Å²) in [5.41, 5.74) is 6.39. The Balaban J connectivity index is 1.86. The zero-order chi connectivity index (χ0) is 27.6. The molecule has 6 heteroatoms. The average molecular weight is 510 g/mol. The quantitative estimate of drug-likeness (QED) is 0.277. The number of ether oxygens (including phenoxy) is 1. The van der Waals surface area contributed by atoms with Crippen molar-refractivity contribution in [3.63, 3.8) is 0 Å². The number of amides is 1. The van der Waals surface area contributed by atoms with E-state index in [9.17, 15) is 9.59 Å². The summed E-state index contributed by atoms with van der Waals surface area (Å²) in [6.45, 7) is 12.7. The molecule has 0 aliphatic heterocycles. The Bertz CT molecular complexity index is 1440. The minimum Gasteiger partial charge on any atom is -0.464 e. The molecule has 0 saturated heterocycles. The van der Waals surface area contributed by atoms with E-state index >= 15 is 0 Å². The van der Waals surface area contributed by atoms with Crippen LogP contribution in [0.3, 0.4) is 0 Å². The fraction of sp³-hybridized carbons (Fsp3) is 0.281. The second-order valence-corrected chi connectivity index (χ2v) is 10.9. The predicted molar refractivity (Wildman–Crippen MR) is 152 cm³/mol. The van der Waals surface area contributed by atoms with Gasteiger partial charge in [-0.3, -0.25) is 4.79 Å². The van der Waals surface area contributed by atoms with Gasteiger partial charge in [0.05, 0.1) is 18.5 Å². The van der Waals surface area contributed by atoms with Crippen molar-refractivity contribution in [1.29, 1.82) is 0 Å². The number of esters is 1. The van der Waals surface area contributed by atoms with Crippen LogP contribution in [0.2, 0.25) is 0 Å². The third kappa shape index (κ3) is 5.54. The fourth-order valence-corrected chi connectivity index (χ4v) is 4.25. The number of nitrogens with one attached hydrogen (secondary N) is 1. The lowest BCUT2D eigenvalue weighted by Gasteiger charge is -2.19. The molecule has 0 saturated carbocycles. The van der Waals surface area contributed by atoms with Gasteiger partial charge >= 0.3 is 5.97 Å². The molecular weight excluding hydrogens is 474 g/mol. The Hall–Kier alpha value is -4.19. The van der Waals surface area contributed by atoms with E-state index in [-0.39, 0.29) is 17.0 Å². The molecule has 0 atom stereocenters. The second-order valence-electron chi connectivity index (χ2n) is 10.9. The van der Waals surface area contributed by atoms with Crippen molar-refractivity contribution in [3.05, 3.63) is 101 Å². The van der Waals surface area contributed by atoms with Crippen LogP contribution in [-0.2, 0) is 10.2 Å². The molecule has 0 aliphatic carbocycles. The molecule has 1 amide bonds. The van der Waals surface area contributed by atoms with Gasteiger partial charge in [0.15, 0.2) is 5.69 Å². The van der Waals surface area contributed by atoms with Crippen molar-refractivity contribution in [1.82, 2.24) is 9.78 Å². The van der Waals surface area contributed by atoms with Crippen molar-refractivity contribution >= 4 is 17.6 Å². The molecule has 0 aliphatic rings. The summed E-state index contributed by atoms with van der Waals surface area (Å²) in [7, 11) is 1.31. The number of aromatic nitrogens is 2. The monoisotopic (exact) mass is 509 g/mol. The number of carbonyl (C=O) groups is 2. The van der Waals surface area contributed by atoms with Crippen LogP contribution in [0.25, 0.3) is 16.9 Å². The molecule has 196 valence electrons. The van der Waals surface area contributed by atoms with Gasteiger partial charge in [0, 0.05) is 11.1 Å². The maximum absolute atomic E-state index is 13.4. The number of aryl methyl sites for hydroxylation is 1. The van der Waals surface area contributed by atoms with Crippen molar-refractivity contribution in [2.75, 3.05) is 12.4 Å². The SMILES string of the molecule is COC(=O)c1nn(-c2ccc(C(C)C)cc2)c(-c2ccc(C)cc2)c1NC(=O)c1ccc(C(C)(C)C)cc1. The summed E-state index contributed by atoms with van der Waals surface area (Å²) < 4.78 is 6.75. The van der Waals surface area contributed by atoms with Crippen LogP contribution in [0.1, 0.15) is 78.1 Å². The molecule has 0 bridgehead atoms. The third-order valence-electron chi connectivity index (χ3n) is 6.65. The Morgan fingerprint density at radius 1 is 0.895 bits per heavy atom. The second kappa shape index (κ2) is 10.7. The first-order valence-electron chi connectivity index (χ1n) is 12.8. The van der Waals surface area contributed by atoms with Crippen LogP contribution in [0.4, 0.5) is 5.69 Å². The Morgan fingerprint density at radius 2 is 1.50 bits per heavy atom. The number of benzene rings is 3. The molecule has 0 unspecified atom stereocenters. The lowest BCUT2D eigenvalue weighted by atomic mass is 9.86. The maximum Gasteiger partial charge on any atom is 0.360 e. The third-order valence-corrected chi connectivity index (χ3v) is 6.65. The first-order chi connectivity index (χ1) is 18.0. The van der Waals surface area contributed by atoms with Gasteiger partial charge < -0.3 is 10.1 Å². The van der Waals surface area contributed by atoms with Gasteiger partial charge in [-0.15, -0.1) is 0 Å². The molecule has 4 aromatic rings. The summed E-state index contributed by atoms with van der Waals surface area (Å²) in [5.74, 6) is -0.587. The van der Waals surface area contributed by atoms with Crippen molar-refractivity contribution in [2.24, 2.45) is 0 Å². The summed E-state index contributed by atoms with van der Waals surface area (Å²) in [4.78, 5) is 26.3. The van der Waals surface area contributed by atoms with E-state index < -0.39 is 5.97 Å². The van der Waals surface area contributed by atoms with E-state index in [0.717, 1.165) is 22.4 Å². The van der Waals surface area contributed by atoms with Crippen LogP contribution < -0.4 is 5.32 Å². The van der Waals surface area contributed by atoms with Crippen LogP contribution in [0.15, 0.2) is 72.8 Å². The molecule has 1 heterocycles. The van der Waals surface area contributed by atoms with Crippen molar-refractivity contribution in [2.45, 2.75) is 52.9 Å². The van der Waals surface area contributed by atoms with Gasteiger partial charge in [0.1, 0.15) is 5.69 Å². The van der Waals surface area contributed by atoms with Crippen molar-refractivity contribution < 1.29 is 14.3 Å². The molecule has 0 radical (unpaired) electrons. The van der Waals surface area contributed by atoms with E-state index in [0.29, 0.717) is 22.9 Å². The van der Waals surface area contributed by atoms with E-state index in [1.54, 1.807) is 16.8 Å². The van der Waals surface area contributed by atoms with Crippen LogP contribution in [0.5, 0.6) is 0 Å². The molecule has 0 spiro atoms. The zero-order valence-electron chi connectivity index (χ0n) is 23.1. The minimum atomic E-state index is -0.630. The maximum atomic E-state index is 13.4. The first-order valence-corrected chi connectivity index (χ1v) is 12.8. The number of rotatable bonds is 6. The standard InChI is InChI=1S/C32H35N3O3/c1-20(2)22-14-18-26(19-15-22)35-29(23-10-8-21(3)9-11-23)27(28(34-35)31(37)38-7)33-30(36)24-12-16-25(17-13-24)32(4,5)6/h8-20H,1-7H3,(H,33,36). The molecule has 4 rings (SSSR count). The average Bonchev–Trinajstić information content (AvgIpc) is 3.27. The van der Waals surface area contributed by atoms with Gasteiger partial charge in [0.2, 0.25) is 0 Å².